The molecule has 1 saturated heterocycles. The lowest BCUT2D eigenvalue weighted by Gasteiger charge is -2.31. The van der Waals surface area contributed by atoms with Crippen LogP contribution in [0.4, 0.5) is 4.79 Å². The molecule has 0 bridgehead atoms. The van der Waals surface area contributed by atoms with E-state index in [9.17, 15) is 19.5 Å². The Bertz CT molecular complexity index is 600. The highest BCUT2D eigenvalue weighted by atomic mass is 32.2. The van der Waals surface area contributed by atoms with Crippen LogP contribution in [0.5, 0.6) is 0 Å². The summed E-state index contributed by atoms with van der Waals surface area (Å²) in [5.74, 6) is -0.531. The zero-order valence-corrected chi connectivity index (χ0v) is 14.3. The van der Waals surface area contributed by atoms with Crippen LogP contribution in [-0.2, 0) is 9.59 Å². The minimum absolute atomic E-state index is 0.0172. The Hall–Kier alpha value is -1.60. The van der Waals surface area contributed by atoms with Crippen LogP contribution < -0.4 is 0 Å². The zero-order valence-electron chi connectivity index (χ0n) is 13.5. The molecule has 6 nitrogen and oxygen atoms in total. The van der Waals surface area contributed by atoms with Gasteiger partial charge < -0.3 is 9.52 Å². The van der Waals surface area contributed by atoms with Crippen LogP contribution in [0.3, 0.4) is 0 Å². The van der Waals surface area contributed by atoms with Gasteiger partial charge in [0.05, 0.1) is 18.4 Å². The second-order valence-electron chi connectivity index (χ2n) is 6.21. The number of carbonyl (C=O) groups is 3. The second kappa shape index (κ2) is 6.88. The molecule has 0 radical (unpaired) electrons. The third kappa shape index (κ3) is 3.35. The Morgan fingerprint density at radius 2 is 2.17 bits per heavy atom. The number of quaternary nitrogens is 1. The number of imide groups is 1. The molecule has 1 aromatic rings. The van der Waals surface area contributed by atoms with Gasteiger partial charge in [0.15, 0.2) is 5.12 Å². The van der Waals surface area contributed by atoms with Gasteiger partial charge in [-0.2, -0.15) is 9.28 Å². The lowest BCUT2D eigenvalue weighted by Crippen LogP contribution is -2.60. The average Bonchev–Trinajstić information content (AvgIpc) is 3.11. The quantitative estimate of drug-likeness (QED) is 0.848. The van der Waals surface area contributed by atoms with Crippen molar-refractivity contribution in [2.45, 2.75) is 39.2 Å². The molecule has 1 aliphatic rings. The Morgan fingerprint density at radius 3 is 2.70 bits per heavy atom. The fraction of sp³-hybridized carbons (Fsp3) is 0.562. The van der Waals surface area contributed by atoms with Crippen molar-refractivity contribution < 1.29 is 28.4 Å². The van der Waals surface area contributed by atoms with Crippen molar-refractivity contribution in [2.75, 3.05) is 12.3 Å². The van der Waals surface area contributed by atoms with E-state index in [0.717, 1.165) is 17.3 Å². The van der Waals surface area contributed by atoms with Crippen LogP contribution in [0.25, 0.3) is 0 Å². The molecule has 2 rings (SSSR count). The monoisotopic (exact) mass is 340 g/mol. The van der Waals surface area contributed by atoms with Crippen molar-refractivity contribution in [2.24, 2.45) is 5.92 Å². The number of likely N-dealkylation sites (tertiary alicyclic amines) is 1. The molecule has 0 aliphatic carbocycles. The van der Waals surface area contributed by atoms with Crippen LogP contribution in [0.1, 0.15) is 38.7 Å². The van der Waals surface area contributed by atoms with E-state index >= 15 is 0 Å². The maximum Gasteiger partial charge on any atom is 0.521 e. The van der Waals surface area contributed by atoms with Gasteiger partial charge in [-0.3, -0.25) is 4.79 Å². The van der Waals surface area contributed by atoms with Crippen LogP contribution in [0, 0.1) is 5.92 Å². The Kier molecular flexibility index (Phi) is 5.31. The van der Waals surface area contributed by atoms with E-state index in [1.165, 1.54) is 6.92 Å². The van der Waals surface area contributed by atoms with E-state index in [4.69, 9.17) is 4.42 Å². The molecule has 0 saturated carbocycles. The molecule has 2 unspecified atom stereocenters. The zero-order chi connectivity index (χ0) is 17.2. The number of furan rings is 1. The average molecular weight is 340 g/mol. The number of amides is 2. The predicted octanol–water partition coefficient (Wildman–Crippen LogP) is 3.09. The molecule has 2 amide bonds. The number of thioether (sulfide) groups is 1. The van der Waals surface area contributed by atoms with Crippen molar-refractivity contribution in [3.05, 3.63) is 24.2 Å². The minimum Gasteiger partial charge on any atom is -0.472 e. The first-order valence-electron chi connectivity index (χ1n) is 7.60. The molecule has 7 heteroatoms. The molecule has 23 heavy (non-hydrogen) atoms. The number of rotatable bonds is 4. The summed E-state index contributed by atoms with van der Waals surface area (Å²) in [6.07, 6.45) is 2.66. The number of nitrogens with zero attached hydrogens (tertiary/aromatic N) is 1. The van der Waals surface area contributed by atoms with Crippen LogP contribution in [0.15, 0.2) is 23.0 Å². The Morgan fingerprint density at radius 1 is 1.48 bits per heavy atom. The summed E-state index contributed by atoms with van der Waals surface area (Å²) in [7, 11) is 0. The molecule has 2 heterocycles. The lowest BCUT2D eigenvalue weighted by molar-refractivity contribution is -0.794. The summed E-state index contributed by atoms with van der Waals surface area (Å²) in [4.78, 5) is 36.0. The summed E-state index contributed by atoms with van der Waals surface area (Å²) in [6.45, 7) is 5.16. The van der Waals surface area contributed by atoms with E-state index in [2.05, 4.69) is 0 Å². The second-order valence-corrected chi connectivity index (χ2v) is 7.41. The van der Waals surface area contributed by atoms with E-state index in [0.29, 0.717) is 12.2 Å². The lowest BCUT2D eigenvalue weighted by atomic mass is 10.00. The number of hydrogen-bond donors (Lipinski definition) is 1. The highest BCUT2D eigenvalue weighted by Crippen LogP contribution is 2.39. The minimum atomic E-state index is -1.12. The SMILES string of the molecule is CC(=O)SCC(C)C(=O)[N@+]1(C(=O)O)C[C@@H](c2ccoc2)CC1C. The van der Waals surface area contributed by atoms with E-state index in [-0.39, 0.29) is 29.5 Å². The van der Waals surface area contributed by atoms with Gasteiger partial charge >= 0.3 is 12.0 Å². The first kappa shape index (κ1) is 17.7. The third-order valence-electron chi connectivity index (χ3n) is 4.59. The van der Waals surface area contributed by atoms with E-state index < -0.39 is 16.5 Å². The molecule has 1 N–H and O–H groups in total. The molecular formula is C16H22NO5S+. The van der Waals surface area contributed by atoms with Crippen LogP contribution in [-0.4, -0.2) is 45.0 Å². The van der Waals surface area contributed by atoms with Crippen LogP contribution >= 0.6 is 11.8 Å². The maximum atomic E-state index is 12.9. The Balaban J connectivity index is 2.24. The largest absolute Gasteiger partial charge is 0.521 e. The van der Waals surface area contributed by atoms with E-state index in [1.54, 1.807) is 26.4 Å². The topological polar surface area (TPSA) is 84.6 Å². The van der Waals surface area contributed by atoms with Gasteiger partial charge in [0.25, 0.3) is 0 Å². The van der Waals surface area contributed by atoms with Crippen molar-refractivity contribution in [3.8, 4) is 0 Å². The predicted molar refractivity (Wildman–Crippen MR) is 86.0 cm³/mol. The maximum absolute atomic E-state index is 12.9. The molecule has 4 atom stereocenters. The molecule has 1 aromatic heterocycles. The van der Waals surface area contributed by atoms with Gasteiger partial charge in [-0.25, -0.2) is 4.79 Å². The van der Waals surface area contributed by atoms with Gasteiger partial charge in [-0.15, -0.1) is 0 Å². The highest BCUT2D eigenvalue weighted by molar-refractivity contribution is 8.13. The summed E-state index contributed by atoms with van der Waals surface area (Å²) in [6, 6.07) is 1.50. The normalized spacial score (nSPS) is 28.5. The van der Waals surface area contributed by atoms with Gasteiger partial charge in [-0.05, 0) is 25.5 Å². The summed E-state index contributed by atoms with van der Waals surface area (Å²) >= 11 is 1.06. The molecular weight excluding hydrogens is 318 g/mol. The van der Waals surface area contributed by atoms with Crippen LogP contribution in [0.2, 0.25) is 0 Å². The number of carbonyl (C=O) groups excluding carboxylic acids is 2. The van der Waals surface area contributed by atoms with Crippen molar-refractivity contribution in [1.29, 1.82) is 0 Å². The van der Waals surface area contributed by atoms with Gasteiger partial charge in [0.2, 0.25) is 0 Å². The summed E-state index contributed by atoms with van der Waals surface area (Å²) in [5, 5.41) is 9.73. The first-order valence-corrected chi connectivity index (χ1v) is 8.58. The smallest absolute Gasteiger partial charge is 0.472 e. The van der Waals surface area contributed by atoms with Crippen molar-refractivity contribution in [1.82, 2.24) is 0 Å². The number of hydrogen-bond acceptors (Lipinski definition) is 5. The highest BCUT2D eigenvalue weighted by Gasteiger charge is 2.57. The molecule has 126 valence electrons. The Labute approximate surface area is 139 Å². The van der Waals surface area contributed by atoms with E-state index in [1.807, 2.05) is 6.07 Å². The third-order valence-corrected chi connectivity index (χ3v) is 5.67. The molecule has 0 aromatic carbocycles. The summed E-state index contributed by atoms with van der Waals surface area (Å²) in [5.41, 5.74) is 0.927. The van der Waals surface area contributed by atoms with Gasteiger partial charge in [-0.1, -0.05) is 11.8 Å². The first-order chi connectivity index (χ1) is 10.8. The standard InChI is InChI=1S/C16H21NO5S/c1-10(9-23-12(3)18)15(19)17(16(20)21)7-14(6-11(17)2)13-4-5-22-8-13/h4-5,8,10-11,14H,6-7,9H2,1-3H3/p+1/t10?,11?,14-,17-/m0/s1. The van der Waals surface area contributed by atoms with Crippen molar-refractivity contribution in [3.63, 3.8) is 0 Å². The fourth-order valence-corrected chi connectivity index (χ4v) is 3.94. The summed E-state index contributed by atoms with van der Waals surface area (Å²) < 4.78 is 4.51. The van der Waals surface area contributed by atoms with Gasteiger partial charge in [0, 0.05) is 25.0 Å². The molecule has 1 aliphatic heterocycles. The van der Waals surface area contributed by atoms with Crippen molar-refractivity contribution >= 4 is 28.9 Å². The number of carboxylic acid groups (broad SMARTS) is 1. The molecule has 1 fully saturated rings. The molecule has 0 spiro atoms. The van der Waals surface area contributed by atoms with Gasteiger partial charge in [0.1, 0.15) is 12.6 Å². The fourth-order valence-electron chi connectivity index (χ4n) is 3.32.